The van der Waals surface area contributed by atoms with E-state index >= 15 is 0 Å². The number of fused-ring (bicyclic) bond motifs is 1. The van der Waals surface area contributed by atoms with Crippen LogP contribution in [-0.4, -0.2) is 20.4 Å². The number of pyridine rings is 1. The van der Waals surface area contributed by atoms with Gasteiger partial charge in [-0.2, -0.15) is 0 Å². The van der Waals surface area contributed by atoms with Crippen molar-refractivity contribution < 1.29 is 9.90 Å². The Morgan fingerprint density at radius 2 is 2.12 bits per heavy atom. The van der Waals surface area contributed by atoms with Crippen molar-refractivity contribution >= 4 is 23.2 Å². The highest BCUT2D eigenvalue weighted by atomic mass is 35.5. The Bertz CT molecular complexity index is 563. The van der Waals surface area contributed by atoms with Gasteiger partial charge in [0, 0.05) is 12.3 Å². The number of nitrogens with two attached hydrogens (primary N) is 1. The van der Waals surface area contributed by atoms with E-state index in [1.807, 2.05) is 13.8 Å². The zero-order valence-electron chi connectivity index (χ0n) is 9.86. The van der Waals surface area contributed by atoms with Crippen LogP contribution in [0.2, 0.25) is 5.02 Å². The number of amides is 1. The molecule has 0 saturated heterocycles. The molecule has 5 nitrogen and oxygen atoms in total. The summed E-state index contributed by atoms with van der Waals surface area (Å²) >= 11 is 5.75. The third kappa shape index (κ3) is 2.34. The van der Waals surface area contributed by atoms with Gasteiger partial charge in [0.15, 0.2) is 11.4 Å². The van der Waals surface area contributed by atoms with E-state index in [1.54, 1.807) is 6.92 Å². The van der Waals surface area contributed by atoms with Crippen molar-refractivity contribution in [1.82, 2.24) is 9.38 Å². The molecule has 92 valence electrons. The number of carbonyl (C=O) groups is 1. The van der Waals surface area contributed by atoms with Crippen LogP contribution in [0.4, 0.5) is 0 Å². The Morgan fingerprint density at radius 3 is 2.65 bits per heavy atom. The molecule has 0 aliphatic rings. The highest BCUT2D eigenvalue weighted by Crippen LogP contribution is 2.24. The van der Waals surface area contributed by atoms with E-state index in [2.05, 4.69) is 4.98 Å². The fourth-order valence-electron chi connectivity index (χ4n) is 1.51. The van der Waals surface area contributed by atoms with Gasteiger partial charge in [-0.3, -0.25) is 9.20 Å². The molecule has 0 radical (unpaired) electrons. The topological polar surface area (TPSA) is 80.6 Å². The Kier molecular flexibility index (Phi) is 3.96. The van der Waals surface area contributed by atoms with E-state index in [0.717, 1.165) is 0 Å². The summed E-state index contributed by atoms with van der Waals surface area (Å²) in [5.41, 5.74) is 6.15. The molecule has 2 aromatic heterocycles. The molecule has 0 saturated carbocycles. The van der Waals surface area contributed by atoms with Gasteiger partial charge in [0.1, 0.15) is 5.69 Å². The third-order valence-electron chi connectivity index (χ3n) is 2.07. The minimum atomic E-state index is -0.610. The summed E-state index contributed by atoms with van der Waals surface area (Å²) in [4.78, 5) is 15.2. The largest absolute Gasteiger partial charge is 0.504 e. The van der Waals surface area contributed by atoms with Crippen LogP contribution in [0.5, 0.6) is 5.75 Å². The first-order valence-electron chi connectivity index (χ1n) is 5.17. The van der Waals surface area contributed by atoms with Crippen molar-refractivity contribution in [1.29, 1.82) is 0 Å². The molecule has 0 spiro atoms. The lowest BCUT2D eigenvalue weighted by molar-refractivity contribution is 0.0994. The normalized spacial score (nSPS) is 9.88. The molecule has 2 aromatic rings. The van der Waals surface area contributed by atoms with Crippen LogP contribution in [0.1, 0.15) is 30.0 Å². The van der Waals surface area contributed by atoms with Crippen molar-refractivity contribution in [2.24, 2.45) is 5.73 Å². The molecule has 0 bridgehead atoms. The van der Waals surface area contributed by atoms with Crippen molar-refractivity contribution in [3.63, 3.8) is 0 Å². The molecule has 0 aliphatic heterocycles. The van der Waals surface area contributed by atoms with E-state index in [4.69, 9.17) is 17.3 Å². The Balaban J connectivity index is 0.000000686. The fourth-order valence-corrected chi connectivity index (χ4v) is 1.71. The minimum Gasteiger partial charge on any atom is -0.504 e. The fraction of sp³-hybridized carbons (Fsp3) is 0.273. The molecule has 3 N–H and O–H groups in total. The first-order chi connectivity index (χ1) is 8.00. The second-order valence-electron chi connectivity index (χ2n) is 3.15. The van der Waals surface area contributed by atoms with Gasteiger partial charge >= 0.3 is 0 Å². The number of aryl methyl sites for hydroxylation is 1. The van der Waals surface area contributed by atoms with Gasteiger partial charge in [0.2, 0.25) is 0 Å². The van der Waals surface area contributed by atoms with Crippen molar-refractivity contribution in [3.05, 3.63) is 28.7 Å². The molecule has 17 heavy (non-hydrogen) atoms. The molecular formula is C11H14ClN3O2. The first kappa shape index (κ1) is 13.3. The summed E-state index contributed by atoms with van der Waals surface area (Å²) in [5, 5.41) is 9.86. The van der Waals surface area contributed by atoms with Crippen LogP contribution in [0.15, 0.2) is 12.3 Å². The van der Waals surface area contributed by atoms with Crippen LogP contribution >= 0.6 is 11.6 Å². The van der Waals surface area contributed by atoms with E-state index in [-0.39, 0.29) is 17.1 Å². The first-order valence-corrected chi connectivity index (χ1v) is 5.55. The molecular weight excluding hydrogens is 242 g/mol. The van der Waals surface area contributed by atoms with Gasteiger partial charge in [-0.25, -0.2) is 4.98 Å². The minimum absolute atomic E-state index is 0.0851. The molecule has 0 aliphatic carbocycles. The van der Waals surface area contributed by atoms with Crippen molar-refractivity contribution in [2.75, 3.05) is 0 Å². The number of hydrogen-bond acceptors (Lipinski definition) is 3. The quantitative estimate of drug-likeness (QED) is 0.819. The van der Waals surface area contributed by atoms with Crippen LogP contribution in [-0.2, 0) is 0 Å². The molecule has 2 heterocycles. The van der Waals surface area contributed by atoms with Crippen LogP contribution in [0.3, 0.4) is 0 Å². The molecule has 0 unspecified atom stereocenters. The Hall–Kier alpha value is -1.75. The number of carbonyl (C=O) groups excluding carboxylic acids is 1. The number of halogens is 1. The standard InChI is InChI=1S/C9H8ClN3O2.C2H6/c1-4-7(8(11)15)13-3-5(10)2-6(14)9(13)12-4;1-2/h2-3,14H,1H3,(H2,11,15);1-2H3. The summed E-state index contributed by atoms with van der Waals surface area (Å²) in [6.45, 7) is 5.64. The van der Waals surface area contributed by atoms with Crippen LogP contribution in [0.25, 0.3) is 5.65 Å². The van der Waals surface area contributed by atoms with E-state index in [9.17, 15) is 9.90 Å². The lowest BCUT2D eigenvalue weighted by Crippen LogP contribution is -2.15. The average molecular weight is 256 g/mol. The highest BCUT2D eigenvalue weighted by Gasteiger charge is 2.16. The van der Waals surface area contributed by atoms with E-state index < -0.39 is 5.91 Å². The number of nitrogens with zero attached hydrogens (tertiary/aromatic N) is 2. The van der Waals surface area contributed by atoms with Crippen LogP contribution in [0, 0.1) is 6.92 Å². The summed E-state index contributed by atoms with van der Waals surface area (Å²) in [6.07, 6.45) is 1.48. The maximum Gasteiger partial charge on any atom is 0.267 e. The van der Waals surface area contributed by atoms with Gasteiger partial charge in [0.05, 0.1) is 10.7 Å². The second kappa shape index (κ2) is 5.05. The zero-order chi connectivity index (χ0) is 13.2. The Labute approximate surface area is 104 Å². The van der Waals surface area contributed by atoms with E-state index in [0.29, 0.717) is 10.7 Å². The summed E-state index contributed by atoms with van der Waals surface area (Å²) in [5.74, 6) is -0.695. The van der Waals surface area contributed by atoms with Crippen molar-refractivity contribution in [3.8, 4) is 5.75 Å². The SMILES string of the molecule is CC.Cc1nc2c(O)cc(Cl)cn2c1C(N)=O. The highest BCUT2D eigenvalue weighted by molar-refractivity contribution is 6.30. The lowest BCUT2D eigenvalue weighted by Gasteiger charge is -2.00. The Morgan fingerprint density at radius 1 is 1.53 bits per heavy atom. The monoisotopic (exact) mass is 255 g/mol. The molecule has 6 heteroatoms. The van der Waals surface area contributed by atoms with Gasteiger partial charge in [-0.1, -0.05) is 25.4 Å². The average Bonchev–Trinajstić information content (AvgIpc) is 2.58. The van der Waals surface area contributed by atoms with Crippen LogP contribution < -0.4 is 5.73 Å². The summed E-state index contributed by atoms with van der Waals surface area (Å²) in [7, 11) is 0. The molecule has 0 fully saturated rings. The van der Waals surface area contributed by atoms with Gasteiger partial charge < -0.3 is 10.8 Å². The van der Waals surface area contributed by atoms with Gasteiger partial charge in [-0.05, 0) is 6.92 Å². The number of aromatic hydroxyl groups is 1. The predicted molar refractivity (Wildman–Crippen MR) is 66.5 cm³/mol. The number of hydrogen-bond donors (Lipinski definition) is 2. The smallest absolute Gasteiger partial charge is 0.267 e. The van der Waals surface area contributed by atoms with E-state index in [1.165, 1.54) is 16.7 Å². The molecule has 2 rings (SSSR count). The maximum atomic E-state index is 11.2. The molecule has 0 aromatic carbocycles. The maximum absolute atomic E-state index is 11.2. The number of rotatable bonds is 1. The second-order valence-corrected chi connectivity index (χ2v) is 3.58. The summed E-state index contributed by atoms with van der Waals surface area (Å²) in [6, 6.07) is 1.36. The van der Waals surface area contributed by atoms with Gasteiger partial charge in [0.25, 0.3) is 5.91 Å². The molecule has 0 atom stereocenters. The van der Waals surface area contributed by atoms with Crippen molar-refractivity contribution in [2.45, 2.75) is 20.8 Å². The number of primary amides is 1. The predicted octanol–water partition coefficient (Wildman–Crippen LogP) is 2.13. The summed E-state index contributed by atoms with van der Waals surface area (Å²) < 4.78 is 1.38. The van der Waals surface area contributed by atoms with Gasteiger partial charge in [-0.15, -0.1) is 0 Å². The number of aromatic nitrogens is 2. The lowest BCUT2D eigenvalue weighted by atomic mass is 10.3. The molecule has 1 amide bonds. The zero-order valence-corrected chi connectivity index (χ0v) is 10.6. The number of imidazole rings is 1. The third-order valence-corrected chi connectivity index (χ3v) is 2.28.